The van der Waals surface area contributed by atoms with Crippen LogP contribution in [0.2, 0.25) is 0 Å². The van der Waals surface area contributed by atoms with Crippen LogP contribution in [0.3, 0.4) is 0 Å². The van der Waals surface area contributed by atoms with Crippen LogP contribution in [0.5, 0.6) is 0 Å². The maximum atomic E-state index is 5.65. The zero-order valence-electron chi connectivity index (χ0n) is 11.6. The van der Waals surface area contributed by atoms with Crippen molar-refractivity contribution in [3.63, 3.8) is 0 Å². The summed E-state index contributed by atoms with van der Waals surface area (Å²) in [6, 6.07) is 0. The number of morpholine rings is 1. The molecule has 3 atom stereocenters. The predicted octanol–water partition coefficient (Wildman–Crippen LogP) is 2.41. The van der Waals surface area contributed by atoms with E-state index in [0.717, 1.165) is 24.8 Å². The average Bonchev–Trinajstić information content (AvgIpc) is 2.98. The predicted molar refractivity (Wildman–Crippen MR) is 70.9 cm³/mol. The quantitative estimate of drug-likeness (QED) is 0.909. The van der Waals surface area contributed by atoms with E-state index in [4.69, 9.17) is 9.26 Å². The van der Waals surface area contributed by atoms with Crippen molar-refractivity contribution in [2.45, 2.75) is 51.0 Å². The summed E-state index contributed by atoms with van der Waals surface area (Å²) in [5, 5.41) is 7.48. The van der Waals surface area contributed by atoms with Crippen LogP contribution >= 0.6 is 0 Å². The lowest BCUT2D eigenvalue weighted by Crippen LogP contribution is -2.33. The minimum Gasteiger partial charge on any atom is -0.366 e. The molecular weight excluding hydrogens is 242 g/mol. The summed E-state index contributed by atoms with van der Waals surface area (Å²) in [4.78, 5) is 4.58. The maximum absolute atomic E-state index is 5.65. The van der Waals surface area contributed by atoms with Crippen molar-refractivity contribution in [2.24, 2.45) is 5.92 Å². The molecule has 1 aliphatic heterocycles. The van der Waals surface area contributed by atoms with Crippen molar-refractivity contribution >= 4 is 0 Å². The molecule has 1 saturated carbocycles. The summed E-state index contributed by atoms with van der Waals surface area (Å²) in [5.74, 6) is 2.84. The normalized spacial score (nSPS) is 32.4. The minimum atomic E-state index is -0.0689. The lowest BCUT2D eigenvalue weighted by molar-refractivity contribution is 0.00755. The Kier molecular flexibility index (Phi) is 4.13. The molecule has 3 rings (SSSR count). The first-order chi connectivity index (χ1) is 9.36. The van der Waals surface area contributed by atoms with Crippen molar-refractivity contribution in [3.05, 3.63) is 11.7 Å². The van der Waals surface area contributed by atoms with Gasteiger partial charge < -0.3 is 14.6 Å². The number of nitrogens with zero attached hydrogens (tertiary/aromatic N) is 2. The van der Waals surface area contributed by atoms with Crippen LogP contribution < -0.4 is 5.32 Å². The third-order valence-corrected chi connectivity index (χ3v) is 4.39. The van der Waals surface area contributed by atoms with Gasteiger partial charge in [0.2, 0.25) is 0 Å². The molecule has 5 nitrogen and oxygen atoms in total. The maximum Gasteiger partial charge on any atom is 0.257 e. The zero-order valence-corrected chi connectivity index (χ0v) is 11.6. The standard InChI is InChI=1S/C14H23N3O2/c1-2-10-4-3-5-11(8-10)13-16-14(19-17-13)12-9-15-6-7-18-12/h10-12,15H,2-9H2,1H3. The van der Waals surface area contributed by atoms with Crippen molar-refractivity contribution in [3.8, 4) is 0 Å². The molecule has 1 saturated heterocycles. The monoisotopic (exact) mass is 265 g/mol. The highest BCUT2D eigenvalue weighted by Gasteiger charge is 2.28. The molecule has 1 aromatic heterocycles. The van der Waals surface area contributed by atoms with E-state index in [1.807, 2.05) is 0 Å². The molecule has 19 heavy (non-hydrogen) atoms. The summed E-state index contributed by atoms with van der Waals surface area (Å²) in [6.45, 7) is 4.65. The molecule has 106 valence electrons. The fourth-order valence-electron chi connectivity index (χ4n) is 3.16. The second-order valence-corrected chi connectivity index (χ2v) is 5.69. The summed E-state index contributed by atoms with van der Waals surface area (Å²) in [7, 11) is 0. The van der Waals surface area contributed by atoms with Crippen LogP contribution in [-0.4, -0.2) is 29.8 Å². The molecule has 1 N–H and O–H groups in total. The topological polar surface area (TPSA) is 60.2 Å². The number of nitrogens with one attached hydrogen (secondary N) is 1. The smallest absolute Gasteiger partial charge is 0.257 e. The molecule has 0 aromatic carbocycles. The van der Waals surface area contributed by atoms with Gasteiger partial charge in [0.05, 0.1) is 6.61 Å². The minimum absolute atomic E-state index is 0.0689. The summed E-state index contributed by atoms with van der Waals surface area (Å²) < 4.78 is 11.0. The Labute approximate surface area is 114 Å². The van der Waals surface area contributed by atoms with Crippen molar-refractivity contribution in [1.82, 2.24) is 15.5 Å². The average molecular weight is 265 g/mol. The van der Waals surface area contributed by atoms with Gasteiger partial charge in [-0.05, 0) is 18.8 Å². The highest BCUT2D eigenvalue weighted by Crippen LogP contribution is 2.36. The van der Waals surface area contributed by atoms with Crippen LogP contribution in [0.4, 0.5) is 0 Å². The molecule has 1 aliphatic carbocycles. The van der Waals surface area contributed by atoms with E-state index >= 15 is 0 Å². The van der Waals surface area contributed by atoms with E-state index < -0.39 is 0 Å². The summed E-state index contributed by atoms with van der Waals surface area (Å²) in [5.41, 5.74) is 0. The molecule has 2 aliphatic rings. The van der Waals surface area contributed by atoms with Gasteiger partial charge in [0, 0.05) is 19.0 Å². The van der Waals surface area contributed by atoms with E-state index in [2.05, 4.69) is 22.4 Å². The van der Waals surface area contributed by atoms with Gasteiger partial charge in [-0.3, -0.25) is 0 Å². The van der Waals surface area contributed by atoms with E-state index in [-0.39, 0.29) is 6.10 Å². The summed E-state index contributed by atoms with van der Waals surface area (Å²) in [6.07, 6.45) is 6.23. The Morgan fingerprint density at radius 3 is 3.11 bits per heavy atom. The first-order valence-corrected chi connectivity index (χ1v) is 7.52. The highest BCUT2D eigenvalue weighted by molar-refractivity contribution is 5.00. The highest BCUT2D eigenvalue weighted by atomic mass is 16.5. The SMILES string of the molecule is CCC1CCCC(c2noc(C3CNCCO3)n2)C1. The number of ether oxygens (including phenoxy) is 1. The Morgan fingerprint density at radius 1 is 1.37 bits per heavy atom. The molecule has 0 amide bonds. The zero-order chi connectivity index (χ0) is 13.1. The Balaban J connectivity index is 1.66. The van der Waals surface area contributed by atoms with Gasteiger partial charge in [-0.15, -0.1) is 0 Å². The third kappa shape index (κ3) is 2.98. The molecule has 2 fully saturated rings. The molecule has 0 spiro atoms. The van der Waals surface area contributed by atoms with Crippen LogP contribution in [0.1, 0.15) is 62.8 Å². The second kappa shape index (κ2) is 6.01. The fourth-order valence-corrected chi connectivity index (χ4v) is 3.16. The van der Waals surface area contributed by atoms with Gasteiger partial charge >= 0.3 is 0 Å². The van der Waals surface area contributed by atoms with E-state index in [9.17, 15) is 0 Å². The van der Waals surface area contributed by atoms with Gasteiger partial charge in [-0.2, -0.15) is 4.98 Å². The molecule has 3 unspecified atom stereocenters. The first kappa shape index (κ1) is 13.1. The van der Waals surface area contributed by atoms with Crippen LogP contribution in [0.25, 0.3) is 0 Å². The van der Waals surface area contributed by atoms with Gasteiger partial charge in [0.1, 0.15) is 6.10 Å². The second-order valence-electron chi connectivity index (χ2n) is 5.69. The Hall–Kier alpha value is -0.940. The van der Waals surface area contributed by atoms with Crippen LogP contribution in [0, 0.1) is 5.92 Å². The molecule has 0 radical (unpaired) electrons. The molecular formula is C14H23N3O2. The lowest BCUT2D eigenvalue weighted by Gasteiger charge is -2.26. The number of hydrogen-bond acceptors (Lipinski definition) is 5. The third-order valence-electron chi connectivity index (χ3n) is 4.39. The molecule has 2 heterocycles. The van der Waals surface area contributed by atoms with Crippen molar-refractivity contribution in [1.29, 1.82) is 0 Å². The fraction of sp³-hybridized carbons (Fsp3) is 0.857. The van der Waals surface area contributed by atoms with Crippen LogP contribution in [-0.2, 0) is 4.74 Å². The van der Waals surface area contributed by atoms with Gasteiger partial charge in [-0.1, -0.05) is 31.3 Å². The first-order valence-electron chi connectivity index (χ1n) is 7.52. The largest absolute Gasteiger partial charge is 0.366 e. The molecule has 1 aromatic rings. The molecule has 0 bridgehead atoms. The number of aromatic nitrogens is 2. The van der Waals surface area contributed by atoms with Crippen molar-refractivity contribution in [2.75, 3.05) is 19.7 Å². The summed E-state index contributed by atoms with van der Waals surface area (Å²) >= 11 is 0. The number of rotatable bonds is 3. The number of hydrogen-bond donors (Lipinski definition) is 1. The van der Waals surface area contributed by atoms with E-state index in [1.54, 1.807) is 0 Å². The van der Waals surface area contributed by atoms with Gasteiger partial charge in [0.25, 0.3) is 5.89 Å². The Bertz CT molecular complexity index is 401. The van der Waals surface area contributed by atoms with Crippen LogP contribution in [0.15, 0.2) is 4.52 Å². The van der Waals surface area contributed by atoms with E-state index in [0.29, 0.717) is 18.4 Å². The van der Waals surface area contributed by atoms with Gasteiger partial charge in [-0.25, -0.2) is 0 Å². The van der Waals surface area contributed by atoms with E-state index in [1.165, 1.54) is 32.1 Å². The lowest BCUT2D eigenvalue weighted by atomic mass is 9.80. The van der Waals surface area contributed by atoms with Gasteiger partial charge in [0.15, 0.2) is 5.82 Å². The molecule has 5 heteroatoms. The Morgan fingerprint density at radius 2 is 2.32 bits per heavy atom. The van der Waals surface area contributed by atoms with Crippen molar-refractivity contribution < 1.29 is 9.26 Å².